The highest BCUT2D eigenvalue weighted by Crippen LogP contribution is 2.27. The summed E-state index contributed by atoms with van der Waals surface area (Å²) in [7, 11) is 0. The van der Waals surface area contributed by atoms with E-state index in [-0.39, 0.29) is 11.4 Å². The van der Waals surface area contributed by atoms with Crippen molar-refractivity contribution in [3.05, 3.63) is 63.5 Å². The Labute approximate surface area is 129 Å². The summed E-state index contributed by atoms with van der Waals surface area (Å²) in [5.41, 5.74) is 2.63. The molecule has 8 heteroatoms. The number of nitriles is 1. The van der Waals surface area contributed by atoms with Crippen LogP contribution in [-0.4, -0.2) is 14.9 Å². The summed E-state index contributed by atoms with van der Waals surface area (Å²) in [6.45, 7) is 0. The van der Waals surface area contributed by atoms with E-state index in [1.54, 1.807) is 24.3 Å². The van der Waals surface area contributed by atoms with Gasteiger partial charge in [0.15, 0.2) is 0 Å². The van der Waals surface area contributed by atoms with E-state index >= 15 is 0 Å². The van der Waals surface area contributed by atoms with Gasteiger partial charge in [-0.15, -0.1) is 0 Å². The number of hydrogen-bond acceptors (Lipinski definition) is 6. The van der Waals surface area contributed by atoms with Crippen LogP contribution in [0.3, 0.4) is 0 Å². The molecule has 0 aliphatic carbocycles. The zero-order chi connectivity index (χ0) is 16.4. The lowest BCUT2D eigenvalue weighted by Crippen LogP contribution is -2.70. The predicted molar refractivity (Wildman–Crippen MR) is 81.3 cm³/mol. The SMILES string of the molecule is N#Cc1ccc(-c2cnc3cc([N+](=O)[O-])c([NH2+][O-])cc3n2)cc1. The Morgan fingerprint density at radius 1 is 1.17 bits per heavy atom. The van der Waals surface area contributed by atoms with Crippen molar-refractivity contribution in [1.29, 1.82) is 5.26 Å². The number of fused-ring (bicyclic) bond motifs is 1. The first-order chi connectivity index (χ1) is 11.1. The smallest absolute Gasteiger partial charge is 0.331 e. The minimum absolute atomic E-state index is 0.0474. The molecule has 0 fully saturated rings. The van der Waals surface area contributed by atoms with Crippen molar-refractivity contribution in [2.45, 2.75) is 0 Å². The van der Waals surface area contributed by atoms with Gasteiger partial charge in [0.1, 0.15) is 0 Å². The van der Waals surface area contributed by atoms with Crippen LogP contribution in [0.2, 0.25) is 0 Å². The molecule has 112 valence electrons. The molecule has 0 aliphatic rings. The number of nitrogens with zero attached hydrogens (tertiary/aromatic N) is 4. The van der Waals surface area contributed by atoms with E-state index in [0.29, 0.717) is 27.8 Å². The Balaban J connectivity index is 2.12. The molecule has 0 radical (unpaired) electrons. The lowest BCUT2D eigenvalue weighted by molar-refractivity contribution is -0.507. The number of nitro benzene ring substituents is 1. The molecule has 2 aromatic carbocycles. The van der Waals surface area contributed by atoms with Gasteiger partial charge >= 0.3 is 5.69 Å². The normalized spacial score (nSPS) is 10.4. The van der Waals surface area contributed by atoms with E-state index in [4.69, 9.17) is 5.26 Å². The van der Waals surface area contributed by atoms with Crippen LogP contribution in [0, 0.1) is 26.7 Å². The van der Waals surface area contributed by atoms with Crippen LogP contribution in [-0.2, 0) is 0 Å². The quantitative estimate of drug-likeness (QED) is 0.445. The number of nitrogens with two attached hydrogens (primary N) is 1. The number of rotatable bonds is 3. The summed E-state index contributed by atoms with van der Waals surface area (Å²) >= 11 is 0. The van der Waals surface area contributed by atoms with Crippen molar-refractivity contribution >= 4 is 22.4 Å². The average Bonchev–Trinajstić information content (AvgIpc) is 2.60. The molecule has 0 bridgehead atoms. The zero-order valence-corrected chi connectivity index (χ0v) is 11.6. The highest BCUT2D eigenvalue weighted by Gasteiger charge is 2.18. The molecule has 1 aromatic heterocycles. The molecule has 2 N–H and O–H groups in total. The second kappa shape index (κ2) is 5.76. The molecule has 3 aromatic rings. The number of nitro groups is 1. The maximum atomic E-state index is 11.0. The third-order valence-corrected chi connectivity index (χ3v) is 3.32. The third-order valence-electron chi connectivity index (χ3n) is 3.32. The van der Waals surface area contributed by atoms with Gasteiger partial charge in [0.25, 0.3) is 0 Å². The Hall–Kier alpha value is -3.41. The van der Waals surface area contributed by atoms with Gasteiger partial charge in [-0.25, -0.2) is 4.98 Å². The highest BCUT2D eigenvalue weighted by atomic mass is 16.6. The monoisotopic (exact) mass is 307 g/mol. The Kier molecular flexibility index (Phi) is 3.64. The van der Waals surface area contributed by atoms with Crippen LogP contribution >= 0.6 is 0 Å². The molecular weight excluding hydrogens is 298 g/mol. The average molecular weight is 307 g/mol. The fourth-order valence-corrected chi connectivity index (χ4v) is 2.17. The number of benzene rings is 2. The van der Waals surface area contributed by atoms with E-state index < -0.39 is 4.92 Å². The summed E-state index contributed by atoms with van der Waals surface area (Å²) in [5, 5.41) is 30.8. The van der Waals surface area contributed by atoms with Gasteiger partial charge in [0, 0.05) is 11.6 Å². The minimum Gasteiger partial charge on any atom is -0.630 e. The largest absolute Gasteiger partial charge is 0.630 e. The van der Waals surface area contributed by atoms with Crippen LogP contribution in [0.1, 0.15) is 5.56 Å². The second-order valence-electron chi connectivity index (χ2n) is 4.72. The summed E-state index contributed by atoms with van der Waals surface area (Å²) < 4.78 is 0. The summed E-state index contributed by atoms with van der Waals surface area (Å²) in [6.07, 6.45) is 1.49. The van der Waals surface area contributed by atoms with Gasteiger partial charge in [-0.2, -0.15) is 5.26 Å². The Bertz CT molecular complexity index is 948. The molecular formula is C15H9N5O3. The van der Waals surface area contributed by atoms with Crippen molar-refractivity contribution in [2.75, 3.05) is 0 Å². The number of hydrogen-bond donors (Lipinski definition) is 1. The fraction of sp³-hybridized carbons (Fsp3) is 0. The van der Waals surface area contributed by atoms with E-state index in [1.807, 2.05) is 6.07 Å². The predicted octanol–water partition coefficient (Wildman–Crippen LogP) is 1.77. The molecule has 1 heterocycles. The summed E-state index contributed by atoms with van der Waals surface area (Å²) in [6, 6.07) is 11.4. The summed E-state index contributed by atoms with van der Waals surface area (Å²) in [4.78, 5) is 18.9. The fourth-order valence-electron chi connectivity index (χ4n) is 2.17. The van der Waals surface area contributed by atoms with Gasteiger partial charge in [-0.05, 0) is 12.1 Å². The lowest BCUT2D eigenvalue weighted by atomic mass is 10.1. The van der Waals surface area contributed by atoms with Crippen LogP contribution in [0.15, 0.2) is 42.6 Å². The van der Waals surface area contributed by atoms with Gasteiger partial charge in [0.05, 0.1) is 45.5 Å². The Morgan fingerprint density at radius 2 is 1.91 bits per heavy atom. The number of quaternary nitrogens is 1. The maximum absolute atomic E-state index is 11.0. The molecule has 0 spiro atoms. The van der Waals surface area contributed by atoms with Crippen molar-refractivity contribution in [2.24, 2.45) is 0 Å². The first-order valence-electron chi connectivity index (χ1n) is 6.53. The first kappa shape index (κ1) is 14.5. The molecule has 3 rings (SSSR count). The van der Waals surface area contributed by atoms with Crippen molar-refractivity contribution < 1.29 is 10.4 Å². The lowest BCUT2D eigenvalue weighted by Gasteiger charge is -2.06. The highest BCUT2D eigenvalue weighted by molar-refractivity contribution is 5.83. The van der Waals surface area contributed by atoms with Gasteiger partial charge < -0.3 is 10.7 Å². The van der Waals surface area contributed by atoms with E-state index in [2.05, 4.69) is 9.97 Å². The zero-order valence-electron chi connectivity index (χ0n) is 11.6. The minimum atomic E-state index is -0.626. The van der Waals surface area contributed by atoms with E-state index in [0.717, 1.165) is 5.56 Å². The molecule has 23 heavy (non-hydrogen) atoms. The van der Waals surface area contributed by atoms with Crippen molar-refractivity contribution in [3.8, 4) is 17.3 Å². The van der Waals surface area contributed by atoms with Crippen LogP contribution in [0.4, 0.5) is 11.4 Å². The first-order valence-corrected chi connectivity index (χ1v) is 6.53. The number of aromatic nitrogens is 2. The van der Waals surface area contributed by atoms with E-state index in [9.17, 15) is 15.3 Å². The maximum Gasteiger partial charge on any atom is 0.331 e. The molecule has 0 atom stereocenters. The summed E-state index contributed by atoms with van der Waals surface area (Å²) in [5.74, 6) is 0. The third kappa shape index (κ3) is 2.69. The molecule has 0 saturated heterocycles. The molecule has 0 saturated carbocycles. The van der Waals surface area contributed by atoms with Gasteiger partial charge in [-0.3, -0.25) is 15.1 Å². The topological polar surface area (TPSA) is 132 Å². The van der Waals surface area contributed by atoms with Crippen LogP contribution in [0.5, 0.6) is 0 Å². The molecule has 8 nitrogen and oxygen atoms in total. The molecule has 0 aliphatic heterocycles. The van der Waals surface area contributed by atoms with E-state index in [1.165, 1.54) is 18.3 Å². The molecule has 0 unspecified atom stereocenters. The van der Waals surface area contributed by atoms with Crippen LogP contribution < -0.4 is 5.48 Å². The Morgan fingerprint density at radius 3 is 2.52 bits per heavy atom. The van der Waals surface area contributed by atoms with Gasteiger partial charge in [0.2, 0.25) is 5.69 Å². The van der Waals surface area contributed by atoms with Gasteiger partial charge in [-0.1, -0.05) is 12.1 Å². The van der Waals surface area contributed by atoms with Crippen molar-refractivity contribution in [1.82, 2.24) is 9.97 Å². The molecule has 0 amide bonds. The van der Waals surface area contributed by atoms with Crippen LogP contribution in [0.25, 0.3) is 22.3 Å². The standard InChI is InChI=1S/C15H9N5O3/c16-7-9-1-3-10(4-2-9)14-8-17-11-6-15(20(22)23)13(19-21)5-12(11)18-14/h1-6,8H,19H2. The van der Waals surface area contributed by atoms with Crippen molar-refractivity contribution in [3.63, 3.8) is 0 Å². The second-order valence-corrected chi connectivity index (χ2v) is 4.72.